The summed E-state index contributed by atoms with van der Waals surface area (Å²) in [5.74, 6) is 0. The predicted molar refractivity (Wildman–Crippen MR) is 96.9 cm³/mol. The van der Waals surface area contributed by atoms with E-state index in [1.54, 1.807) is 18.2 Å². The fraction of sp³-hybridized carbons (Fsp3) is 0.647. The van der Waals surface area contributed by atoms with Crippen LogP contribution in [-0.4, -0.2) is 33.3 Å². The summed E-state index contributed by atoms with van der Waals surface area (Å²) in [6.07, 6.45) is 2.91. The summed E-state index contributed by atoms with van der Waals surface area (Å²) in [5.41, 5.74) is -0.194. The van der Waals surface area contributed by atoms with Crippen LogP contribution in [0.2, 0.25) is 0 Å². The van der Waals surface area contributed by atoms with Crippen LogP contribution < -0.4 is 10.2 Å². The zero-order chi connectivity index (χ0) is 18.0. The summed E-state index contributed by atoms with van der Waals surface area (Å²) in [4.78, 5) is 0.242. The van der Waals surface area contributed by atoms with Gasteiger partial charge in [-0.05, 0) is 51.7 Å². The van der Waals surface area contributed by atoms with Crippen molar-refractivity contribution in [1.82, 2.24) is 4.72 Å². The highest BCUT2D eigenvalue weighted by Gasteiger charge is 2.51. The van der Waals surface area contributed by atoms with Gasteiger partial charge in [-0.1, -0.05) is 31.9 Å². The van der Waals surface area contributed by atoms with Gasteiger partial charge in [-0.15, -0.1) is 0 Å². The molecule has 0 bridgehead atoms. The first-order chi connectivity index (χ1) is 11.1. The standard InChI is InChI=1S/C17H28BNO4S/c1-6-7-8-12-19-24(20,21)15-11-9-10-14(13-15)18-22-16(2,3)17(4,5)23-18/h9-11,13,19H,6-8,12H2,1-5H3. The maximum atomic E-state index is 12.4. The second kappa shape index (κ2) is 7.16. The van der Waals surface area contributed by atoms with Crippen molar-refractivity contribution in [3.05, 3.63) is 24.3 Å². The van der Waals surface area contributed by atoms with Crippen LogP contribution in [0.25, 0.3) is 0 Å². The highest BCUT2D eigenvalue weighted by molar-refractivity contribution is 7.89. The molecule has 0 unspecified atom stereocenters. The SMILES string of the molecule is CCCCCNS(=O)(=O)c1cccc(B2OC(C)(C)C(C)(C)O2)c1. The third-order valence-electron chi connectivity index (χ3n) is 4.77. The van der Waals surface area contributed by atoms with E-state index in [1.165, 1.54) is 0 Å². The molecule has 0 saturated carbocycles. The van der Waals surface area contributed by atoms with Gasteiger partial charge in [-0.25, -0.2) is 13.1 Å². The molecule has 0 atom stereocenters. The Bertz CT molecular complexity index is 657. The van der Waals surface area contributed by atoms with Crippen molar-refractivity contribution < 1.29 is 17.7 Å². The predicted octanol–water partition coefficient (Wildman–Crippen LogP) is 2.45. The van der Waals surface area contributed by atoms with E-state index in [2.05, 4.69) is 11.6 Å². The van der Waals surface area contributed by atoms with Crippen molar-refractivity contribution in [2.75, 3.05) is 6.54 Å². The van der Waals surface area contributed by atoms with E-state index in [1.807, 2.05) is 33.8 Å². The quantitative estimate of drug-likeness (QED) is 0.604. The first kappa shape index (κ1) is 19.4. The van der Waals surface area contributed by atoms with Gasteiger partial charge in [0.05, 0.1) is 16.1 Å². The molecule has 24 heavy (non-hydrogen) atoms. The number of rotatable bonds is 7. The van der Waals surface area contributed by atoms with Crippen molar-refractivity contribution in [3.8, 4) is 0 Å². The first-order valence-electron chi connectivity index (χ1n) is 8.54. The number of benzene rings is 1. The van der Waals surface area contributed by atoms with Crippen LogP contribution in [0, 0.1) is 0 Å². The molecule has 7 heteroatoms. The Morgan fingerprint density at radius 3 is 2.29 bits per heavy atom. The number of hydrogen-bond donors (Lipinski definition) is 1. The lowest BCUT2D eigenvalue weighted by atomic mass is 9.79. The molecule has 0 aliphatic carbocycles. The Balaban J connectivity index is 2.15. The summed E-state index contributed by atoms with van der Waals surface area (Å²) in [7, 11) is -4.08. The van der Waals surface area contributed by atoms with Crippen LogP contribution in [0.3, 0.4) is 0 Å². The lowest BCUT2D eigenvalue weighted by Gasteiger charge is -2.32. The van der Waals surface area contributed by atoms with Gasteiger partial charge in [0.15, 0.2) is 0 Å². The molecular weight excluding hydrogens is 325 g/mol. The van der Waals surface area contributed by atoms with E-state index >= 15 is 0 Å². The van der Waals surface area contributed by atoms with Gasteiger partial charge in [0.1, 0.15) is 0 Å². The van der Waals surface area contributed by atoms with Gasteiger partial charge in [0.2, 0.25) is 10.0 Å². The van der Waals surface area contributed by atoms with Crippen LogP contribution in [0.15, 0.2) is 29.2 Å². The average molecular weight is 353 g/mol. The van der Waals surface area contributed by atoms with Crippen molar-refractivity contribution in [2.45, 2.75) is 70.0 Å². The molecule has 1 aliphatic rings. The summed E-state index contributed by atoms with van der Waals surface area (Å²) in [6.45, 7) is 10.4. The van der Waals surface area contributed by atoms with Gasteiger partial charge in [-0.2, -0.15) is 0 Å². The minimum absolute atomic E-state index is 0.242. The highest BCUT2D eigenvalue weighted by Crippen LogP contribution is 2.36. The lowest BCUT2D eigenvalue weighted by molar-refractivity contribution is 0.00578. The topological polar surface area (TPSA) is 64.6 Å². The van der Waals surface area contributed by atoms with E-state index in [0.717, 1.165) is 19.3 Å². The van der Waals surface area contributed by atoms with Crippen molar-refractivity contribution in [3.63, 3.8) is 0 Å². The van der Waals surface area contributed by atoms with Gasteiger partial charge in [-0.3, -0.25) is 0 Å². The van der Waals surface area contributed by atoms with Crippen LogP contribution in [0.5, 0.6) is 0 Å². The molecule has 2 rings (SSSR count). The van der Waals surface area contributed by atoms with Gasteiger partial charge < -0.3 is 9.31 Å². The van der Waals surface area contributed by atoms with Gasteiger partial charge >= 0.3 is 7.12 Å². The van der Waals surface area contributed by atoms with Crippen molar-refractivity contribution in [1.29, 1.82) is 0 Å². The second-order valence-electron chi connectivity index (χ2n) is 7.27. The van der Waals surface area contributed by atoms with Gasteiger partial charge in [0.25, 0.3) is 0 Å². The van der Waals surface area contributed by atoms with E-state index in [9.17, 15) is 8.42 Å². The van der Waals surface area contributed by atoms with E-state index in [0.29, 0.717) is 12.0 Å². The number of sulfonamides is 1. The summed E-state index contributed by atoms with van der Waals surface area (Å²) in [6, 6.07) is 6.78. The van der Waals surface area contributed by atoms with Crippen LogP contribution in [0.4, 0.5) is 0 Å². The molecule has 0 spiro atoms. The fourth-order valence-electron chi connectivity index (χ4n) is 2.47. The second-order valence-corrected chi connectivity index (χ2v) is 9.03. The molecule has 1 aromatic rings. The van der Waals surface area contributed by atoms with Crippen molar-refractivity contribution >= 4 is 22.6 Å². The number of nitrogens with one attached hydrogen (secondary N) is 1. The maximum absolute atomic E-state index is 12.4. The number of hydrogen-bond acceptors (Lipinski definition) is 4. The maximum Gasteiger partial charge on any atom is 0.494 e. The fourth-order valence-corrected chi connectivity index (χ4v) is 3.60. The average Bonchev–Trinajstić information content (AvgIpc) is 2.72. The van der Waals surface area contributed by atoms with Gasteiger partial charge in [0, 0.05) is 6.54 Å². The molecule has 0 amide bonds. The van der Waals surface area contributed by atoms with Crippen LogP contribution in [0.1, 0.15) is 53.9 Å². The molecule has 1 fully saturated rings. The third-order valence-corrected chi connectivity index (χ3v) is 6.22. The van der Waals surface area contributed by atoms with Crippen LogP contribution >= 0.6 is 0 Å². The molecule has 1 aromatic carbocycles. The van der Waals surface area contributed by atoms with E-state index in [4.69, 9.17) is 9.31 Å². The zero-order valence-corrected chi connectivity index (χ0v) is 16.1. The molecular formula is C17H28BNO4S. The molecule has 5 nitrogen and oxygen atoms in total. The Morgan fingerprint density at radius 2 is 1.71 bits per heavy atom. The van der Waals surface area contributed by atoms with E-state index < -0.39 is 28.3 Å². The lowest BCUT2D eigenvalue weighted by Crippen LogP contribution is -2.41. The minimum Gasteiger partial charge on any atom is -0.399 e. The summed E-state index contributed by atoms with van der Waals surface area (Å²) < 4.78 is 39.5. The van der Waals surface area contributed by atoms with Crippen LogP contribution in [-0.2, 0) is 19.3 Å². The normalized spacial score (nSPS) is 19.6. The smallest absolute Gasteiger partial charge is 0.399 e. The number of unbranched alkanes of at least 4 members (excludes halogenated alkanes) is 2. The summed E-state index contributed by atoms with van der Waals surface area (Å²) >= 11 is 0. The van der Waals surface area contributed by atoms with Crippen molar-refractivity contribution in [2.24, 2.45) is 0 Å². The first-order valence-corrected chi connectivity index (χ1v) is 10.0. The molecule has 1 aliphatic heterocycles. The Labute approximate surface area is 146 Å². The minimum atomic E-state index is -3.51. The molecule has 1 saturated heterocycles. The largest absolute Gasteiger partial charge is 0.494 e. The molecule has 1 heterocycles. The molecule has 0 radical (unpaired) electrons. The Morgan fingerprint density at radius 1 is 1.08 bits per heavy atom. The monoisotopic (exact) mass is 353 g/mol. The third kappa shape index (κ3) is 4.20. The highest BCUT2D eigenvalue weighted by atomic mass is 32.2. The summed E-state index contributed by atoms with van der Waals surface area (Å²) in [5, 5.41) is 0. The zero-order valence-electron chi connectivity index (χ0n) is 15.3. The molecule has 134 valence electrons. The Kier molecular flexibility index (Phi) is 5.80. The molecule has 1 N–H and O–H groups in total. The Hall–Kier alpha value is -0.885. The molecule has 0 aromatic heterocycles. The van der Waals surface area contributed by atoms with E-state index in [-0.39, 0.29) is 4.90 Å².